The van der Waals surface area contributed by atoms with Crippen molar-refractivity contribution in [2.45, 2.75) is 12.8 Å². The number of fused-ring (bicyclic) bond motifs is 4. The van der Waals surface area contributed by atoms with Crippen molar-refractivity contribution in [1.82, 2.24) is 0 Å². The Bertz CT molecular complexity index is 1560. The van der Waals surface area contributed by atoms with Gasteiger partial charge in [-0.15, -0.1) is 0 Å². The molecule has 5 aromatic carbocycles. The van der Waals surface area contributed by atoms with E-state index in [9.17, 15) is 9.59 Å². The monoisotopic (exact) mass is 412 g/mol. The fraction of sp³-hybridized carbons (Fsp3) is 0.0667. The van der Waals surface area contributed by atoms with Crippen molar-refractivity contribution in [3.63, 3.8) is 0 Å². The number of carbonyl (C=O) groups excluding carboxylic acids is 2. The Labute approximate surface area is 186 Å². The second kappa shape index (κ2) is 7.28. The number of hydrogen-bond acceptors (Lipinski definition) is 2. The fourth-order valence-corrected chi connectivity index (χ4v) is 4.94. The van der Waals surface area contributed by atoms with E-state index in [0.29, 0.717) is 28.7 Å². The van der Waals surface area contributed by atoms with Crippen LogP contribution in [0.4, 0.5) is 0 Å². The topological polar surface area (TPSA) is 34.1 Å². The molecule has 0 radical (unpaired) electrons. The zero-order chi connectivity index (χ0) is 21.7. The smallest absolute Gasteiger partial charge is 0.194 e. The van der Waals surface area contributed by atoms with Crippen molar-refractivity contribution in [1.29, 1.82) is 0 Å². The first kappa shape index (κ1) is 18.7. The molecule has 0 N–H and O–H groups in total. The molecule has 5 aromatic rings. The van der Waals surface area contributed by atoms with E-state index in [1.807, 2.05) is 24.3 Å². The van der Waals surface area contributed by atoms with Gasteiger partial charge in [0.05, 0.1) is 0 Å². The zero-order valence-corrected chi connectivity index (χ0v) is 17.5. The molecule has 0 atom stereocenters. The summed E-state index contributed by atoms with van der Waals surface area (Å²) in [6.07, 6.45) is 1.51. The van der Waals surface area contributed by atoms with Crippen LogP contribution in [-0.4, -0.2) is 11.6 Å². The number of ketones is 2. The van der Waals surface area contributed by atoms with Gasteiger partial charge in [0.1, 0.15) is 0 Å². The molecule has 0 fully saturated rings. The van der Waals surface area contributed by atoms with Crippen LogP contribution in [-0.2, 0) is 12.8 Å². The predicted octanol–water partition coefficient (Wildman–Crippen LogP) is 6.55. The average molecular weight is 412 g/mol. The van der Waals surface area contributed by atoms with Gasteiger partial charge in [-0.1, -0.05) is 84.9 Å². The highest BCUT2D eigenvalue weighted by molar-refractivity contribution is 6.28. The standard InChI is InChI=1S/C30H20O2/c31-29-24-12-3-4-13-25(24)30(32)28-20(10-6-14-26(28)29)16-15-19-9-5-11-23-17-21-7-1-2-8-22(21)18-27(19)23/h1-14,17-18H,15-16H2. The lowest BCUT2D eigenvalue weighted by atomic mass is 9.81. The summed E-state index contributed by atoms with van der Waals surface area (Å²) >= 11 is 0. The SMILES string of the molecule is O=C1c2ccccc2C(=O)c2c(CCc3cccc4cc5ccccc5cc34)cccc21. The number of aryl methyl sites for hydroxylation is 2. The summed E-state index contributed by atoms with van der Waals surface area (Å²) in [7, 11) is 0. The van der Waals surface area contributed by atoms with Crippen molar-refractivity contribution in [3.8, 4) is 0 Å². The van der Waals surface area contributed by atoms with Crippen LogP contribution < -0.4 is 0 Å². The molecule has 0 aliphatic heterocycles. The van der Waals surface area contributed by atoms with Gasteiger partial charge in [0, 0.05) is 22.3 Å². The Hall–Kier alpha value is -4.04. The Morgan fingerprint density at radius 2 is 1.03 bits per heavy atom. The Balaban J connectivity index is 1.40. The second-order valence-electron chi connectivity index (χ2n) is 8.38. The summed E-state index contributed by atoms with van der Waals surface area (Å²) in [4.78, 5) is 26.3. The Morgan fingerprint density at radius 1 is 0.469 bits per heavy atom. The van der Waals surface area contributed by atoms with Crippen LogP contribution >= 0.6 is 0 Å². The summed E-state index contributed by atoms with van der Waals surface area (Å²) in [5.41, 5.74) is 4.29. The van der Waals surface area contributed by atoms with Gasteiger partial charge >= 0.3 is 0 Å². The van der Waals surface area contributed by atoms with E-state index in [1.165, 1.54) is 27.1 Å². The summed E-state index contributed by atoms with van der Waals surface area (Å²) in [6, 6.07) is 32.1. The molecule has 0 heterocycles. The molecule has 0 amide bonds. The molecule has 1 aliphatic carbocycles. The van der Waals surface area contributed by atoms with Gasteiger partial charge < -0.3 is 0 Å². The molecule has 152 valence electrons. The van der Waals surface area contributed by atoms with E-state index in [1.54, 1.807) is 18.2 Å². The van der Waals surface area contributed by atoms with Gasteiger partial charge in [0.25, 0.3) is 0 Å². The van der Waals surface area contributed by atoms with Crippen LogP contribution in [0.25, 0.3) is 21.5 Å². The van der Waals surface area contributed by atoms with Gasteiger partial charge in [-0.05, 0) is 57.6 Å². The minimum Gasteiger partial charge on any atom is -0.289 e. The van der Waals surface area contributed by atoms with Crippen molar-refractivity contribution < 1.29 is 9.59 Å². The first-order valence-corrected chi connectivity index (χ1v) is 10.9. The lowest BCUT2D eigenvalue weighted by Gasteiger charge is -2.20. The van der Waals surface area contributed by atoms with Gasteiger partial charge in [-0.2, -0.15) is 0 Å². The number of benzene rings is 5. The molecule has 6 rings (SSSR count). The molecule has 1 aliphatic rings. The van der Waals surface area contributed by atoms with E-state index >= 15 is 0 Å². The van der Waals surface area contributed by atoms with Crippen LogP contribution in [0.1, 0.15) is 43.0 Å². The van der Waals surface area contributed by atoms with Crippen LogP contribution in [0, 0.1) is 0 Å². The van der Waals surface area contributed by atoms with Crippen molar-refractivity contribution in [2.75, 3.05) is 0 Å². The molecule has 0 unspecified atom stereocenters. The molecule has 32 heavy (non-hydrogen) atoms. The molecule has 0 saturated carbocycles. The zero-order valence-electron chi connectivity index (χ0n) is 17.5. The summed E-state index contributed by atoms with van der Waals surface area (Å²) < 4.78 is 0. The molecular weight excluding hydrogens is 392 g/mol. The normalized spacial score (nSPS) is 12.8. The molecule has 0 aromatic heterocycles. The van der Waals surface area contributed by atoms with Crippen LogP contribution in [0.2, 0.25) is 0 Å². The van der Waals surface area contributed by atoms with Gasteiger partial charge in [0.2, 0.25) is 0 Å². The van der Waals surface area contributed by atoms with E-state index in [2.05, 4.69) is 54.6 Å². The lowest BCUT2D eigenvalue weighted by molar-refractivity contribution is 0.0978. The fourth-order valence-electron chi connectivity index (χ4n) is 4.94. The van der Waals surface area contributed by atoms with Crippen LogP contribution in [0.5, 0.6) is 0 Å². The third kappa shape index (κ3) is 2.88. The van der Waals surface area contributed by atoms with Crippen LogP contribution in [0.3, 0.4) is 0 Å². The second-order valence-corrected chi connectivity index (χ2v) is 8.38. The third-order valence-corrected chi connectivity index (χ3v) is 6.54. The molecular formula is C30H20O2. The van der Waals surface area contributed by atoms with Crippen molar-refractivity contribution >= 4 is 33.1 Å². The lowest BCUT2D eigenvalue weighted by Crippen LogP contribution is -2.22. The first-order chi connectivity index (χ1) is 15.7. The van der Waals surface area contributed by atoms with Gasteiger partial charge in [-0.25, -0.2) is 0 Å². The van der Waals surface area contributed by atoms with E-state index in [0.717, 1.165) is 12.0 Å². The molecule has 2 heteroatoms. The van der Waals surface area contributed by atoms with E-state index in [4.69, 9.17) is 0 Å². The minimum atomic E-state index is -0.0614. The number of rotatable bonds is 3. The maximum atomic E-state index is 13.3. The average Bonchev–Trinajstić information content (AvgIpc) is 2.84. The number of hydrogen-bond donors (Lipinski definition) is 0. The van der Waals surface area contributed by atoms with E-state index < -0.39 is 0 Å². The van der Waals surface area contributed by atoms with Gasteiger partial charge in [0.15, 0.2) is 11.6 Å². The summed E-state index contributed by atoms with van der Waals surface area (Å²) in [5.74, 6) is -0.108. The third-order valence-electron chi connectivity index (χ3n) is 6.54. The summed E-state index contributed by atoms with van der Waals surface area (Å²) in [5, 5.41) is 4.92. The first-order valence-electron chi connectivity index (χ1n) is 10.9. The summed E-state index contributed by atoms with van der Waals surface area (Å²) in [6.45, 7) is 0. The molecule has 2 nitrogen and oxygen atoms in total. The quantitative estimate of drug-likeness (QED) is 0.309. The number of carbonyl (C=O) groups is 2. The van der Waals surface area contributed by atoms with Gasteiger partial charge in [-0.3, -0.25) is 9.59 Å². The van der Waals surface area contributed by atoms with Crippen LogP contribution in [0.15, 0.2) is 97.1 Å². The highest BCUT2D eigenvalue weighted by Crippen LogP contribution is 2.31. The largest absolute Gasteiger partial charge is 0.289 e. The predicted molar refractivity (Wildman–Crippen MR) is 129 cm³/mol. The Kier molecular flexibility index (Phi) is 4.26. The molecule has 0 bridgehead atoms. The Morgan fingerprint density at radius 3 is 1.84 bits per heavy atom. The highest BCUT2D eigenvalue weighted by Gasteiger charge is 2.30. The molecule has 0 saturated heterocycles. The molecule has 0 spiro atoms. The highest BCUT2D eigenvalue weighted by atomic mass is 16.1. The maximum absolute atomic E-state index is 13.3. The minimum absolute atomic E-state index is 0.0466. The maximum Gasteiger partial charge on any atom is 0.194 e. The van der Waals surface area contributed by atoms with Crippen molar-refractivity contribution in [2.24, 2.45) is 0 Å². The van der Waals surface area contributed by atoms with Crippen molar-refractivity contribution in [3.05, 3.63) is 130 Å². The van der Waals surface area contributed by atoms with E-state index in [-0.39, 0.29) is 11.6 Å².